The van der Waals surface area contributed by atoms with Crippen molar-refractivity contribution in [3.05, 3.63) is 93.5 Å². The Hall–Kier alpha value is -4.19. The Morgan fingerprint density at radius 1 is 0.784 bits per heavy atom. The molecule has 0 spiro atoms. The standard InChI is InChI=1S/C40H46N8S3/c1-22(2)15-29-19-25(6)20-30(16-23(3)4)35(29)43-37-34(45-46-38-44-39(49-10)47-51-38)26(7)21-33(42-37)48(36-27(8)17-24(5)18-28(36)9)40-41-31-13-11-12-14-32(31)50-40/h11-14,17-23H,15-16H2,1-10H3,(H,42,43). The number of aryl methyl sites for hydroxylation is 5. The van der Waals surface area contributed by atoms with Gasteiger partial charge in [-0.15, -0.1) is 10.2 Å². The Balaban J connectivity index is 1.60. The maximum absolute atomic E-state index is 5.44. The van der Waals surface area contributed by atoms with Gasteiger partial charge in [0.25, 0.3) is 0 Å². The average molecular weight is 735 g/mol. The number of azo groups is 1. The molecular formula is C40H46N8S3. The molecule has 11 heteroatoms. The summed E-state index contributed by atoms with van der Waals surface area (Å²) in [5.74, 6) is 2.34. The number of hydrogen-bond donors (Lipinski definition) is 1. The SMILES string of the molecule is CSc1nsc(N=Nc2c(C)cc(N(c3nc4ccccc4s3)c3c(C)cc(C)cc3C)nc2Nc2c(CC(C)C)cc(C)cc2CC(C)C)n1. The quantitative estimate of drug-likeness (QED) is 0.0988. The molecule has 3 heterocycles. The van der Waals surface area contributed by atoms with E-state index >= 15 is 0 Å². The van der Waals surface area contributed by atoms with Crippen LogP contribution in [-0.2, 0) is 12.8 Å². The van der Waals surface area contributed by atoms with E-state index in [0.29, 0.717) is 33.6 Å². The highest BCUT2D eigenvalue weighted by Crippen LogP contribution is 2.45. The molecule has 0 bridgehead atoms. The van der Waals surface area contributed by atoms with Crippen molar-refractivity contribution in [2.45, 2.75) is 80.3 Å². The third-order valence-electron chi connectivity index (χ3n) is 8.49. The van der Waals surface area contributed by atoms with Gasteiger partial charge < -0.3 is 5.32 Å². The van der Waals surface area contributed by atoms with Gasteiger partial charge in [0.1, 0.15) is 11.5 Å². The molecule has 0 saturated heterocycles. The van der Waals surface area contributed by atoms with Crippen molar-refractivity contribution in [1.29, 1.82) is 0 Å². The minimum Gasteiger partial charge on any atom is -0.338 e. The second-order valence-electron chi connectivity index (χ2n) is 14.1. The summed E-state index contributed by atoms with van der Waals surface area (Å²) in [6.45, 7) is 19.8. The number of pyridine rings is 1. The summed E-state index contributed by atoms with van der Waals surface area (Å²) in [7, 11) is 0. The van der Waals surface area contributed by atoms with Gasteiger partial charge >= 0.3 is 0 Å². The van der Waals surface area contributed by atoms with E-state index < -0.39 is 0 Å². The van der Waals surface area contributed by atoms with Gasteiger partial charge in [-0.1, -0.05) is 98.3 Å². The lowest BCUT2D eigenvalue weighted by Gasteiger charge is -2.27. The zero-order chi connectivity index (χ0) is 36.4. The number of benzene rings is 3. The number of anilines is 5. The molecule has 0 fully saturated rings. The summed E-state index contributed by atoms with van der Waals surface area (Å²) < 4.78 is 5.51. The van der Waals surface area contributed by atoms with Crippen molar-refractivity contribution >= 4 is 83.8 Å². The highest BCUT2D eigenvalue weighted by Gasteiger charge is 2.25. The summed E-state index contributed by atoms with van der Waals surface area (Å²) in [5, 5.41) is 15.3. The van der Waals surface area contributed by atoms with Crippen LogP contribution in [-0.4, -0.2) is 25.6 Å². The molecule has 0 aliphatic rings. The van der Waals surface area contributed by atoms with Crippen molar-refractivity contribution in [3.8, 4) is 0 Å². The first-order valence-corrected chi connectivity index (χ1v) is 20.2. The van der Waals surface area contributed by atoms with E-state index in [0.717, 1.165) is 62.1 Å². The summed E-state index contributed by atoms with van der Waals surface area (Å²) in [4.78, 5) is 17.3. The van der Waals surface area contributed by atoms with Crippen LogP contribution < -0.4 is 10.2 Å². The normalized spacial score (nSPS) is 11.8. The number of rotatable bonds is 12. The molecule has 8 nitrogen and oxygen atoms in total. The van der Waals surface area contributed by atoms with E-state index in [1.165, 1.54) is 45.5 Å². The van der Waals surface area contributed by atoms with E-state index in [4.69, 9.17) is 15.1 Å². The first kappa shape index (κ1) is 36.6. The van der Waals surface area contributed by atoms with Crippen LogP contribution in [0.1, 0.15) is 66.6 Å². The lowest BCUT2D eigenvalue weighted by molar-refractivity contribution is 0.637. The second-order valence-corrected chi connectivity index (χ2v) is 16.6. The Bertz CT molecular complexity index is 2130. The van der Waals surface area contributed by atoms with Gasteiger partial charge in [-0.3, -0.25) is 4.90 Å². The third kappa shape index (κ3) is 8.32. The molecule has 264 valence electrons. The molecular weight excluding hydrogens is 689 g/mol. The van der Waals surface area contributed by atoms with Crippen molar-refractivity contribution in [2.75, 3.05) is 16.5 Å². The molecule has 0 aliphatic heterocycles. The van der Waals surface area contributed by atoms with Crippen LogP contribution in [0.15, 0.2) is 70.0 Å². The largest absolute Gasteiger partial charge is 0.338 e. The minimum absolute atomic E-state index is 0.476. The summed E-state index contributed by atoms with van der Waals surface area (Å²) in [6.07, 6.45) is 3.83. The number of para-hydroxylation sites is 1. The molecule has 3 aromatic carbocycles. The Labute approximate surface area is 314 Å². The van der Waals surface area contributed by atoms with Gasteiger partial charge in [-0.05, 0) is 112 Å². The van der Waals surface area contributed by atoms with Gasteiger partial charge in [-0.25, -0.2) is 9.97 Å². The molecule has 0 atom stereocenters. The molecule has 0 saturated carbocycles. The van der Waals surface area contributed by atoms with Gasteiger partial charge in [0, 0.05) is 17.2 Å². The first-order valence-electron chi connectivity index (χ1n) is 17.3. The fourth-order valence-electron chi connectivity index (χ4n) is 6.61. The number of hydrogen-bond acceptors (Lipinski definition) is 11. The Kier molecular flexibility index (Phi) is 11.2. The average Bonchev–Trinajstić information content (AvgIpc) is 3.70. The van der Waals surface area contributed by atoms with E-state index in [9.17, 15) is 0 Å². The number of fused-ring (bicyclic) bond motifs is 1. The molecule has 0 radical (unpaired) electrons. The van der Waals surface area contributed by atoms with E-state index in [1.807, 2.05) is 12.3 Å². The summed E-state index contributed by atoms with van der Waals surface area (Å²) >= 11 is 4.39. The maximum atomic E-state index is 5.44. The van der Waals surface area contributed by atoms with Crippen molar-refractivity contribution < 1.29 is 0 Å². The van der Waals surface area contributed by atoms with Gasteiger partial charge in [0.05, 0.1) is 15.9 Å². The van der Waals surface area contributed by atoms with Crippen LogP contribution in [0.3, 0.4) is 0 Å². The molecule has 6 aromatic rings. The predicted molar refractivity (Wildman–Crippen MR) is 218 cm³/mol. The topological polar surface area (TPSA) is 91.5 Å². The van der Waals surface area contributed by atoms with Crippen molar-refractivity contribution in [2.24, 2.45) is 22.1 Å². The Morgan fingerprint density at radius 2 is 1.43 bits per heavy atom. The smallest absolute Gasteiger partial charge is 0.250 e. The van der Waals surface area contributed by atoms with Crippen LogP contribution in [0.5, 0.6) is 0 Å². The van der Waals surface area contributed by atoms with Gasteiger partial charge in [0.15, 0.2) is 10.9 Å². The van der Waals surface area contributed by atoms with Crippen molar-refractivity contribution in [3.63, 3.8) is 0 Å². The zero-order valence-electron chi connectivity index (χ0n) is 31.1. The molecule has 51 heavy (non-hydrogen) atoms. The highest BCUT2D eigenvalue weighted by molar-refractivity contribution is 7.98. The van der Waals surface area contributed by atoms with E-state index in [-0.39, 0.29) is 0 Å². The molecule has 0 aliphatic carbocycles. The molecule has 1 N–H and O–H groups in total. The monoisotopic (exact) mass is 734 g/mol. The Morgan fingerprint density at radius 3 is 2.04 bits per heavy atom. The molecule has 0 amide bonds. The van der Waals surface area contributed by atoms with Gasteiger partial charge in [-0.2, -0.15) is 9.36 Å². The fourth-order valence-corrected chi connectivity index (χ4v) is 8.64. The highest BCUT2D eigenvalue weighted by atomic mass is 32.2. The molecule has 6 rings (SSSR count). The molecule has 3 aromatic heterocycles. The number of nitrogens with one attached hydrogen (secondary N) is 1. The number of thiazole rings is 1. The van der Waals surface area contributed by atoms with E-state index in [1.54, 1.807) is 11.3 Å². The molecule has 0 unspecified atom stereocenters. The summed E-state index contributed by atoms with van der Waals surface area (Å²) in [5.41, 5.74) is 12.1. The van der Waals surface area contributed by atoms with Crippen LogP contribution >= 0.6 is 34.6 Å². The van der Waals surface area contributed by atoms with Crippen LogP contribution in [0.25, 0.3) is 10.2 Å². The van der Waals surface area contributed by atoms with Crippen molar-refractivity contribution in [1.82, 2.24) is 19.3 Å². The number of thioether (sulfide) groups is 1. The lowest BCUT2D eigenvalue weighted by Crippen LogP contribution is -2.16. The second kappa shape index (κ2) is 15.6. The lowest BCUT2D eigenvalue weighted by atomic mass is 9.92. The fraction of sp³-hybridized carbons (Fsp3) is 0.350. The zero-order valence-corrected chi connectivity index (χ0v) is 33.6. The van der Waals surface area contributed by atoms with Crippen LogP contribution in [0.2, 0.25) is 0 Å². The number of aromatic nitrogens is 4. The summed E-state index contributed by atoms with van der Waals surface area (Å²) in [6, 6.07) is 19.5. The van der Waals surface area contributed by atoms with E-state index in [2.05, 4.69) is 136 Å². The number of nitrogens with zero attached hydrogens (tertiary/aromatic N) is 7. The predicted octanol–water partition coefficient (Wildman–Crippen LogP) is 12.8. The van der Waals surface area contributed by atoms with Gasteiger partial charge in [0.2, 0.25) is 10.3 Å². The van der Waals surface area contributed by atoms with Crippen LogP contribution in [0.4, 0.5) is 39.0 Å². The minimum atomic E-state index is 0.476. The third-order valence-corrected chi connectivity index (χ3v) is 10.8. The first-order chi connectivity index (χ1) is 24.4. The maximum Gasteiger partial charge on any atom is 0.250 e. The van der Waals surface area contributed by atoms with Crippen LogP contribution in [0, 0.1) is 46.5 Å².